The molecule has 0 aromatic heterocycles. The number of benzene rings is 1. The summed E-state index contributed by atoms with van der Waals surface area (Å²) in [6.07, 6.45) is -5.14. The first-order valence-corrected chi connectivity index (χ1v) is 6.93. The molecule has 0 aliphatic rings. The van der Waals surface area contributed by atoms with Gasteiger partial charge in [0, 0.05) is 0 Å². The van der Waals surface area contributed by atoms with Gasteiger partial charge in [-0.1, -0.05) is 28.1 Å². The predicted molar refractivity (Wildman–Crippen MR) is 67.4 cm³/mol. The molecule has 1 aromatic carbocycles. The van der Waals surface area contributed by atoms with Gasteiger partial charge in [0.15, 0.2) is 0 Å². The first-order valence-electron chi connectivity index (χ1n) is 5.19. The molecule has 0 bridgehead atoms. The summed E-state index contributed by atoms with van der Waals surface area (Å²) < 4.78 is 77.9. The normalized spacial score (nSPS) is 13.9. The van der Waals surface area contributed by atoms with Crippen molar-refractivity contribution in [1.82, 2.24) is 0 Å². The van der Waals surface area contributed by atoms with Crippen LogP contribution < -0.4 is 4.74 Å². The van der Waals surface area contributed by atoms with Gasteiger partial charge >= 0.3 is 11.9 Å². The molecule has 2 nitrogen and oxygen atoms in total. The van der Waals surface area contributed by atoms with Crippen molar-refractivity contribution < 1.29 is 35.9 Å². The SMILES string of the molecule is CC(=O)C(Br)c1cccc(OC(F)(F)F)c1SC(F)(F)F. The molecule has 0 aliphatic heterocycles. The highest BCUT2D eigenvalue weighted by Gasteiger charge is 2.37. The predicted octanol–water partition coefficient (Wildman–Crippen LogP) is 5.22. The topological polar surface area (TPSA) is 26.3 Å². The Kier molecular flexibility index (Phi) is 5.59. The molecule has 0 aliphatic carbocycles. The zero-order chi connectivity index (χ0) is 16.4. The number of carbonyl (C=O) groups is 1. The van der Waals surface area contributed by atoms with Crippen LogP contribution in [-0.4, -0.2) is 17.7 Å². The van der Waals surface area contributed by atoms with Crippen molar-refractivity contribution in [3.05, 3.63) is 23.8 Å². The monoisotopic (exact) mass is 396 g/mol. The Morgan fingerprint density at radius 2 is 1.81 bits per heavy atom. The molecule has 1 rings (SSSR count). The van der Waals surface area contributed by atoms with Crippen LogP contribution in [0.5, 0.6) is 5.75 Å². The molecule has 21 heavy (non-hydrogen) atoms. The molecule has 0 amide bonds. The van der Waals surface area contributed by atoms with Gasteiger partial charge < -0.3 is 4.74 Å². The second-order valence-corrected chi connectivity index (χ2v) is 5.73. The molecule has 0 radical (unpaired) electrons. The van der Waals surface area contributed by atoms with Crippen molar-refractivity contribution in [2.24, 2.45) is 0 Å². The van der Waals surface area contributed by atoms with Gasteiger partial charge in [-0.15, -0.1) is 13.2 Å². The van der Waals surface area contributed by atoms with Crippen LogP contribution in [0.3, 0.4) is 0 Å². The molecule has 0 fully saturated rings. The molecule has 0 N–H and O–H groups in total. The largest absolute Gasteiger partial charge is 0.573 e. The van der Waals surface area contributed by atoms with E-state index in [4.69, 9.17) is 0 Å². The van der Waals surface area contributed by atoms with Crippen LogP contribution in [0.1, 0.15) is 17.3 Å². The number of alkyl halides is 7. The van der Waals surface area contributed by atoms with E-state index in [0.717, 1.165) is 25.1 Å². The van der Waals surface area contributed by atoms with Crippen molar-refractivity contribution in [3.8, 4) is 5.75 Å². The van der Waals surface area contributed by atoms with Crippen LogP contribution in [0.2, 0.25) is 0 Å². The smallest absolute Gasteiger partial charge is 0.405 e. The molecule has 0 spiro atoms. The standard InChI is InChI=1S/C11H7BrF6O2S/c1-5(19)8(12)6-3-2-4-7(20-10(13,14)15)9(6)21-11(16,17)18/h2-4,8H,1H3. The third-order valence-electron chi connectivity index (χ3n) is 2.08. The molecule has 10 heteroatoms. The second kappa shape index (κ2) is 6.47. The molecular weight excluding hydrogens is 390 g/mol. The van der Waals surface area contributed by atoms with E-state index in [1.807, 2.05) is 0 Å². The van der Waals surface area contributed by atoms with Gasteiger partial charge in [0.05, 0.1) is 9.72 Å². The van der Waals surface area contributed by atoms with Crippen LogP contribution in [-0.2, 0) is 4.79 Å². The number of ether oxygens (including phenoxy) is 1. The fourth-order valence-electron chi connectivity index (χ4n) is 1.38. The molecule has 1 aromatic rings. The summed E-state index contributed by atoms with van der Waals surface area (Å²) in [5.41, 5.74) is -5.07. The minimum absolute atomic E-state index is 0.244. The summed E-state index contributed by atoms with van der Waals surface area (Å²) in [5.74, 6) is -1.56. The number of rotatable bonds is 4. The molecule has 1 atom stereocenters. The van der Waals surface area contributed by atoms with E-state index < -0.39 is 44.9 Å². The van der Waals surface area contributed by atoms with Gasteiger partial charge in [0.1, 0.15) is 11.5 Å². The number of ketones is 1. The molecule has 118 valence electrons. The minimum atomic E-state index is -5.14. The number of hydrogen-bond acceptors (Lipinski definition) is 3. The third kappa shape index (κ3) is 5.77. The zero-order valence-electron chi connectivity index (χ0n) is 10.2. The van der Waals surface area contributed by atoms with Gasteiger partial charge in [-0.2, -0.15) is 13.2 Å². The van der Waals surface area contributed by atoms with Crippen LogP contribution in [0.4, 0.5) is 26.3 Å². The van der Waals surface area contributed by atoms with Crippen LogP contribution in [0, 0.1) is 0 Å². The maximum atomic E-state index is 12.5. The Hall–Kier alpha value is -0.900. The average molecular weight is 397 g/mol. The molecule has 1 unspecified atom stereocenters. The van der Waals surface area contributed by atoms with Crippen molar-refractivity contribution >= 4 is 33.5 Å². The molecule has 0 heterocycles. The van der Waals surface area contributed by atoms with E-state index in [9.17, 15) is 31.1 Å². The van der Waals surface area contributed by atoms with Gasteiger partial charge in [-0.05, 0) is 30.3 Å². The highest BCUT2D eigenvalue weighted by molar-refractivity contribution is 9.09. The number of halogens is 7. The molecular formula is C11H7BrF6O2S. The first-order chi connectivity index (χ1) is 9.41. The van der Waals surface area contributed by atoms with E-state index in [1.165, 1.54) is 0 Å². The van der Waals surface area contributed by atoms with Crippen molar-refractivity contribution in [2.45, 2.75) is 28.5 Å². The van der Waals surface area contributed by atoms with Crippen LogP contribution in [0.25, 0.3) is 0 Å². The summed E-state index contributed by atoms with van der Waals surface area (Å²) in [4.78, 5) is 9.28. The van der Waals surface area contributed by atoms with E-state index in [2.05, 4.69) is 20.7 Å². The lowest BCUT2D eigenvalue weighted by Gasteiger charge is -2.18. The van der Waals surface area contributed by atoms with Crippen molar-refractivity contribution in [1.29, 1.82) is 0 Å². The van der Waals surface area contributed by atoms with Crippen molar-refractivity contribution in [2.75, 3.05) is 0 Å². The highest BCUT2D eigenvalue weighted by Crippen LogP contribution is 2.47. The van der Waals surface area contributed by atoms with Crippen LogP contribution >= 0.6 is 27.7 Å². The molecule has 0 saturated carbocycles. The fraction of sp³-hybridized carbons (Fsp3) is 0.364. The lowest BCUT2D eigenvalue weighted by molar-refractivity contribution is -0.275. The van der Waals surface area contributed by atoms with Gasteiger partial charge in [-0.25, -0.2) is 0 Å². The summed E-state index contributed by atoms with van der Waals surface area (Å²) in [7, 11) is 0. The lowest BCUT2D eigenvalue weighted by atomic mass is 10.1. The Labute approximate surface area is 128 Å². The van der Waals surface area contributed by atoms with E-state index in [1.54, 1.807) is 0 Å². The maximum Gasteiger partial charge on any atom is 0.573 e. The van der Waals surface area contributed by atoms with Crippen molar-refractivity contribution in [3.63, 3.8) is 0 Å². The van der Waals surface area contributed by atoms with Gasteiger partial charge in [0.2, 0.25) is 0 Å². The Balaban J connectivity index is 3.37. The first kappa shape index (κ1) is 18.1. The number of thioether (sulfide) groups is 1. The van der Waals surface area contributed by atoms with E-state index in [0.29, 0.717) is 0 Å². The number of carbonyl (C=O) groups excluding carboxylic acids is 1. The quantitative estimate of drug-likeness (QED) is 0.396. The number of hydrogen-bond donors (Lipinski definition) is 0. The summed E-state index contributed by atoms with van der Waals surface area (Å²) in [5, 5.41) is 0. The third-order valence-corrected chi connectivity index (χ3v) is 4.09. The Morgan fingerprint density at radius 3 is 2.24 bits per heavy atom. The van der Waals surface area contributed by atoms with E-state index in [-0.39, 0.29) is 5.56 Å². The maximum absolute atomic E-state index is 12.5. The zero-order valence-corrected chi connectivity index (χ0v) is 12.6. The second-order valence-electron chi connectivity index (χ2n) is 3.74. The summed E-state index contributed by atoms with van der Waals surface area (Å²) in [6.45, 7) is 1.10. The summed E-state index contributed by atoms with van der Waals surface area (Å²) in [6, 6.07) is 2.96. The summed E-state index contributed by atoms with van der Waals surface area (Å²) >= 11 is 2.09. The average Bonchev–Trinajstić information content (AvgIpc) is 2.26. The fourth-order valence-corrected chi connectivity index (χ4v) is 2.66. The van der Waals surface area contributed by atoms with E-state index >= 15 is 0 Å². The lowest BCUT2D eigenvalue weighted by Crippen LogP contribution is -2.18. The van der Waals surface area contributed by atoms with Gasteiger partial charge in [0.25, 0.3) is 0 Å². The molecule has 0 saturated heterocycles. The van der Waals surface area contributed by atoms with Crippen LogP contribution in [0.15, 0.2) is 23.1 Å². The number of Topliss-reactive ketones (excluding diaryl/α,β-unsaturated/α-hetero) is 1. The highest BCUT2D eigenvalue weighted by atomic mass is 79.9. The Bertz CT molecular complexity index is 528. The van der Waals surface area contributed by atoms with Gasteiger partial charge in [-0.3, -0.25) is 4.79 Å². The minimum Gasteiger partial charge on any atom is -0.405 e. The Morgan fingerprint density at radius 1 is 1.24 bits per heavy atom.